The van der Waals surface area contributed by atoms with Gasteiger partial charge in [0.1, 0.15) is 0 Å². The zero-order valence-corrected chi connectivity index (χ0v) is 32.4. The predicted octanol–water partition coefficient (Wildman–Crippen LogP) is 14.0. The number of anilines is 1. The fraction of sp³-hybridized carbons (Fsp3) is 0.583. The van der Waals surface area contributed by atoms with Crippen LogP contribution < -0.4 is 5.32 Å². The van der Waals surface area contributed by atoms with Gasteiger partial charge in [-0.1, -0.05) is 110 Å². The Kier molecular flexibility index (Phi) is 8.60. The van der Waals surface area contributed by atoms with E-state index in [1.54, 1.807) is 11.1 Å². The second-order valence-corrected chi connectivity index (χ2v) is 18.3. The summed E-state index contributed by atoms with van der Waals surface area (Å²) in [5, 5.41) is 9.33. The van der Waals surface area contributed by atoms with Crippen molar-refractivity contribution >= 4 is 27.2 Å². The normalized spacial score (nSPS) is 39.6. The summed E-state index contributed by atoms with van der Waals surface area (Å²) in [6, 6.07) is 20.5. The van der Waals surface area contributed by atoms with E-state index in [-0.39, 0.29) is 16.2 Å². The van der Waals surface area contributed by atoms with Crippen LogP contribution in [-0.2, 0) is 0 Å². The molecule has 1 heteroatoms. The zero-order valence-electron chi connectivity index (χ0n) is 32.4. The highest BCUT2D eigenvalue weighted by Crippen LogP contribution is 2.75. The van der Waals surface area contributed by atoms with Crippen LogP contribution in [0.5, 0.6) is 0 Å². The molecule has 8 rings (SSSR count). The molecule has 0 saturated heterocycles. The summed E-state index contributed by atoms with van der Waals surface area (Å²) in [5.41, 5.74) is 7.52. The molecule has 3 fully saturated rings. The van der Waals surface area contributed by atoms with Crippen molar-refractivity contribution in [3.8, 4) is 0 Å². The Balaban J connectivity index is 0.00000186. The van der Waals surface area contributed by atoms with Crippen LogP contribution in [-0.4, -0.2) is 6.54 Å². The molecule has 0 aromatic heterocycles. The van der Waals surface area contributed by atoms with Gasteiger partial charge in [0.15, 0.2) is 0 Å². The average molecular weight is 656 g/mol. The number of fused-ring (bicyclic) bond motifs is 9. The van der Waals surface area contributed by atoms with Gasteiger partial charge in [-0.3, -0.25) is 0 Å². The Morgan fingerprint density at radius 2 is 1.45 bits per heavy atom. The maximum Gasteiger partial charge on any atom is 0.0346 e. The van der Waals surface area contributed by atoms with Crippen molar-refractivity contribution < 1.29 is 0 Å². The first-order chi connectivity index (χ1) is 23.3. The van der Waals surface area contributed by atoms with E-state index in [1.165, 1.54) is 90.6 Å². The van der Waals surface area contributed by atoms with Crippen molar-refractivity contribution in [3.05, 3.63) is 90.0 Å². The Morgan fingerprint density at radius 3 is 2.16 bits per heavy atom. The monoisotopic (exact) mass is 656 g/mol. The van der Waals surface area contributed by atoms with E-state index in [0.717, 1.165) is 18.4 Å². The van der Waals surface area contributed by atoms with Gasteiger partial charge in [0.25, 0.3) is 0 Å². The molecule has 9 atom stereocenters. The topological polar surface area (TPSA) is 12.0 Å². The summed E-state index contributed by atoms with van der Waals surface area (Å²) >= 11 is 0. The SMILES string of the molecule is C=C(C)C12CCC(C)C=C1C1=CCC3C4(C)CCC(C)[C@@](C)(CNc5ccc6cc7ccccc7cc6c5)C4CCC3(C)[C@]1(C)CC2.CC. The van der Waals surface area contributed by atoms with Crippen LogP contribution in [0.2, 0.25) is 0 Å². The number of hydrogen-bond acceptors (Lipinski definition) is 1. The highest BCUT2D eigenvalue weighted by Gasteiger charge is 2.67. The number of benzene rings is 3. The van der Waals surface area contributed by atoms with Crippen LogP contribution >= 0.6 is 0 Å². The minimum Gasteiger partial charge on any atom is -0.384 e. The highest BCUT2D eigenvalue weighted by atomic mass is 14.9. The molecule has 0 spiro atoms. The summed E-state index contributed by atoms with van der Waals surface area (Å²) in [7, 11) is 0. The van der Waals surface area contributed by atoms with Gasteiger partial charge in [0, 0.05) is 17.6 Å². The quantitative estimate of drug-likeness (QED) is 0.218. The largest absolute Gasteiger partial charge is 0.384 e. The molecule has 262 valence electrons. The van der Waals surface area contributed by atoms with Gasteiger partial charge >= 0.3 is 0 Å². The predicted molar refractivity (Wildman–Crippen MR) is 214 cm³/mol. The van der Waals surface area contributed by atoms with E-state index in [0.29, 0.717) is 22.7 Å². The second kappa shape index (κ2) is 12.2. The van der Waals surface area contributed by atoms with Crippen molar-refractivity contribution in [1.29, 1.82) is 0 Å². The summed E-state index contributed by atoms with van der Waals surface area (Å²) in [6.07, 6.45) is 17.4. The van der Waals surface area contributed by atoms with Gasteiger partial charge in [-0.05, 0) is 167 Å². The Labute approximate surface area is 299 Å². The van der Waals surface area contributed by atoms with Crippen LogP contribution in [0.1, 0.15) is 120 Å². The van der Waals surface area contributed by atoms with E-state index in [9.17, 15) is 0 Å². The number of allylic oxidation sites excluding steroid dienone is 5. The molecule has 3 aromatic carbocycles. The molecule has 0 aliphatic heterocycles. The van der Waals surface area contributed by atoms with Crippen molar-refractivity contribution in [2.45, 2.75) is 120 Å². The third kappa shape index (κ3) is 4.98. The number of rotatable bonds is 4. The van der Waals surface area contributed by atoms with Gasteiger partial charge in [0.05, 0.1) is 0 Å². The molecular weight excluding hydrogens is 591 g/mol. The van der Waals surface area contributed by atoms with Crippen molar-refractivity contribution in [1.82, 2.24) is 0 Å². The van der Waals surface area contributed by atoms with Gasteiger partial charge in [0.2, 0.25) is 0 Å². The fourth-order valence-electron chi connectivity index (χ4n) is 12.8. The van der Waals surface area contributed by atoms with Crippen LogP contribution in [0.25, 0.3) is 21.5 Å². The van der Waals surface area contributed by atoms with E-state index >= 15 is 0 Å². The van der Waals surface area contributed by atoms with Gasteiger partial charge in [-0.25, -0.2) is 0 Å². The van der Waals surface area contributed by atoms with Crippen LogP contribution in [0, 0.1) is 50.7 Å². The van der Waals surface area contributed by atoms with Gasteiger partial charge in [-0.15, -0.1) is 0 Å². The average Bonchev–Trinajstić information content (AvgIpc) is 3.09. The van der Waals surface area contributed by atoms with E-state index in [4.69, 9.17) is 0 Å². The highest BCUT2D eigenvalue weighted by molar-refractivity contribution is 5.99. The third-order valence-electron chi connectivity index (χ3n) is 16.3. The summed E-state index contributed by atoms with van der Waals surface area (Å²) in [4.78, 5) is 0. The fourth-order valence-corrected chi connectivity index (χ4v) is 12.8. The van der Waals surface area contributed by atoms with E-state index < -0.39 is 0 Å². The molecule has 0 radical (unpaired) electrons. The van der Waals surface area contributed by atoms with Crippen LogP contribution in [0.3, 0.4) is 0 Å². The van der Waals surface area contributed by atoms with Crippen LogP contribution in [0.4, 0.5) is 5.69 Å². The number of nitrogens with one attached hydrogen (secondary N) is 1. The molecule has 5 aliphatic carbocycles. The zero-order chi connectivity index (χ0) is 35.0. The molecule has 3 aromatic rings. The molecule has 0 heterocycles. The van der Waals surface area contributed by atoms with Gasteiger partial charge in [-0.2, -0.15) is 0 Å². The van der Waals surface area contributed by atoms with E-state index in [1.807, 2.05) is 13.8 Å². The summed E-state index contributed by atoms with van der Waals surface area (Å²) < 4.78 is 0. The lowest BCUT2D eigenvalue weighted by Crippen LogP contribution is -2.64. The summed E-state index contributed by atoms with van der Waals surface area (Å²) in [6.45, 7) is 27.9. The smallest absolute Gasteiger partial charge is 0.0346 e. The lowest BCUT2D eigenvalue weighted by Gasteiger charge is -2.71. The first-order valence-electron chi connectivity index (χ1n) is 20.1. The van der Waals surface area contributed by atoms with Gasteiger partial charge < -0.3 is 5.32 Å². The molecule has 7 unspecified atom stereocenters. The lowest BCUT2D eigenvalue weighted by atomic mass is 9.34. The minimum absolute atomic E-state index is 0.211. The molecule has 1 nitrogen and oxygen atoms in total. The molecule has 3 saturated carbocycles. The molecular formula is C48H65N. The maximum absolute atomic E-state index is 4.62. The van der Waals surface area contributed by atoms with Crippen molar-refractivity contribution in [2.24, 2.45) is 50.7 Å². The first-order valence-corrected chi connectivity index (χ1v) is 20.1. The molecule has 1 N–H and O–H groups in total. The third-order valence-corrected chi connectivity index (χ3v) is 16.3. The minimum atomic E-state index is 0.211. The lowest BCUT2D eigenvalue weighted by molar-refractivity contribution is -0.182. The first kappa shape index (κ1) is 34.6. The number of hydrogen-bond donors (Lipinski definition) is 1. The summed E-state index contributed by atoms with van der Waals surface area (Å²) in [5.74, 6) is 2.86. The maximum atomic E-state index is 4.62. The standard InChI is InChI=1S/C46H59N.C2H6/c1-30(2)46-22-17-31(3)25-39(46)38-15-16-41-42(5)20-18-32(4)43(6,40(42)19-21-45(41,8)44(38,7)23-24-46)29-47-37-14-13-35-26-33-11-9-10-12-34(33)27-36(35)28-37;1-2/h9-15,25-28,31-32,40-41,47H,1,16-24,29H2,2-8H3;1-2H3/t31?,32?,40?,41?,42?,43-,44-,45?,46?;/m1./s1. The van der Waals surface area contributed by atoms with E-state index in [2.05, 4.69) is 127 Å². The Morgan fingerprint density at radius 1 is 0.755 bits per heavy atom. The van der Waals surface area contributed by atoms with Crippen LogP contribution in [0.15, 0.2) is 90.0 Å². The molecule has 0 amide bonds. The Bertz CT molecular complexity index is 1830. The molecule has 5 aliphatic rings. The Hall–Kier alpha value is -2.80. The van der Waals surface area contributed by atoms with Crippen molar-refractivity contribution in [3.63, 3.8) is 0 Å². The molecule has 49 heavy (non-hydrogen) atoms. The molecule has 0 bridgehead atoms. The van der Waals surface area contributed by atoms with Crippen molar-refractivity contribution in [2.75, 3.05) is 11.9 Å². The second-order valence-electron chi connectivity index (χ2n) is 18.3.